The van der Waals surface area contributed by atoms with Crippen molar-refractivity contribution in [2.75, 3.05) is 0 Å². The number of nitrogens with zero attached hydrogens (tertiary/aromatic N) is 1. The lowest BCUT2D eigenvalue weighted by molar-refractivity contribution is 0.0954. The van der Waals surface area contributed by atoms with Gasteiger partial charge in [0.05, 0.1) is 9.75 Å². The summed E-state index contributed by atoms with van der Waals surface area (Å²) in [6, 6.07) is 7.09. The minimum atomic E-state index is -0.178. The third-order valence-corrected chi connectivity index (χ3v) is 5.20. The third-order valence-electron chi connectivity index (χ3n) is 4.02. The van der Waals surface area contributed by atoms with Crippen LogP contribution in [0.1, 0.15) is 57.5 Å². The SMILES string of the molecule is CC(=O)c1ccc(C(=O)NCc2ccnc(OC3CCCC3)c2)s1. The van der Waals surface area contributed by atoms with Crippen LogP contribution in [-0.4, -0.2) is 22.8 Å². The number of Topliss-reactive ketones (excluding diaryl/α,β-unsaturated/α-hetero) is 1. The smallest absolute Gasteiger partial charge is 0.261 e. The van der Waals surface area contributed by atoms with E-state index in [1.165, 1.54) is 31.1 Å². The molecule has 0 aromatic carbocycles. The number of amides is 1. The average molecular weight is 344 g/mol. The molecule has 1 aliphatic rings. The molecule has 2 aromatic heterocycles. The van der Waals surface area contributed by atoms with E-state index in [-0.39, 0.29) is 17.8 Å². The van der Waals surface area contributed by atoms with Crippen molar-refractivity contribution in [1.82, 2.24) is 10.3 Å². The molecular weight excluding hydrogens is 324 g/mol. The second-order valence-corrected chi connectivity index (χ2v) is 7.01. The Labute approximate surface area is 145 Å². The number of ether oxygens (including phenoxy) is 1. The van der Waals surface area contributed by atoms with E-state index in [2.05, 4.69) is 10.3 Å². The van der Waals surface area contributed by atoms with Crippen LogP contribution in [0.15, 0.2) is 30.5 Å². The van der Waals surface area contributed by atoms with Crippen LogP contribution >= 0.6 is 11.3 Å². The maximum Gasteiger partial charge on any atom is 0.261 e. The van der Waals surface area contributed by atoms with Crippen molar-refractivity contribution < 1.29 is 14.3 Å². The van der Waals surface area contributed by atoms with Crippen LogP contribution in [0.3, 0.4) is 0 Å². The van der Waals surface area contributed by atoms with E-state index < -0.39 is 0 Å². The van der Waals surface area contributed by atoms with E-state index in [9.17, 15) is 9.59 Å². The van der Waals surface area contributed by atoms with Gasteiger partial charge in [-0.3, -0.25) is 9.59 Å². The molecule has 0 atom stereocenters. The Kier molecular flexibility index (Phi) is 5.25. The molecule has 1 N–H and O–H groups in total. The summed E-state index contributed by atoms with van der Waals surface area (Å²) in [5, 5.41) is 2.87. The van der Waals surface area contributed by atoms with Gasteiger partial charge in [0.15, 0.2) is 5.78 Å². The topological polar surface area (TPSA) is 68.3 Å². The van der Waals surface area contributed by atoms with Gasteiger partial charge in [-0.1, -0.05) is 0 Å². The molecule has 24 heavy (non-hydrogen) atoms. The maximum atomic E-state index is 12.2. The van der Waals surface area contributed by atoms with E-state index in [0.717, 1.165) is 18.4 Å². The molecule has 5 nitrogen and oxygen atoms in total. The molecule has 0 bridgehead atoms. The van der Waals surface area contributed by atoms with Gasteiger partial charge in [0.25, 0.3) is 5.91 Å². The zero-order valence-electron chi connectivity index (χ0n) is 13.6. The molecule has 6 heteroatoms. The molecule has 2 heterocycles. The highest BCUT2D eigenvalue weighted by Gasteiger charge is 2.17. The minimum Gasteiger partial charge on any atom is -0.474 e. The maximum absolute atomic E-state index is 12.2. The highest BCUT2D eigenvalue weighted by Crippen LogP contribution is 2.23. The molecule has 0 unspecified atom stereocenters. The number of hydrogen-bond acceptors (Lipinski definition) is 5. The summed E-state index contributed by atoms with van der Waals surface area (Å²) in [7, 11) is 0. The quantitative estimate of drug-likeness (QED) is 0.813. The molecule has 2 aromatic rings. The van der Waals surface area contributed by atoms with Crippen molar-refractivity contribution in [2.45, 2.75) is 45.3 Å². The van der Waals surface area contributed by atoms with Crippen molar-refractivity contribution in [3.8, 4) is 5.88 Å². The molecule has 1 fully saturated rings. The van der Waals surface area contributed by atoms with Gasteiger partial charge in [0, 0.05) is 18.8 Å². The summed E-state index contributed by atoms with van der Waals surface area (Å²) in [5.74, 6) is 0.410. The fourth-order valence-corrected chi connectivity index (χ4v) is 3.54. The van der Waals surface area contributed by atoms with E-state index in [1.807, 2.05) is 12.1 Å². The molecule has 0 aliphatic heterocycles. The number of rotatable bonds is 6. The molecular formula is C18H20N2O3S. The summed E-state index contributed by atoms with van der Waals surface area (Å²) in [5.41, 5.74) is 0.940. The molecule has 0 saturated heterocycles. The Morgan fingerprint density at radius 3 is 2.71 bits per heavy atom. The van der Waals surface area contributed by atoms with Gasteiger partial charge in [0.2, 0.25) is 5.88 Å². The van der Waals surface area contributed by atoms with Crippen LogP contribution in [0.25, 0.3) is 0 Å². The van der Waals surface area contributed by atoms with Crippen molar-refractivity contribution >= 4 is 23.0 Å². The number of carbonyl (C=O) groups is 2. The van der Waals surface area contributed by atoms with Gasteiger partial charge in [-0.05, 0) is 56.4 Å². The lowest BCUT2D eigenvalue weighted by atomic mass is 10.2. The van der Waals surface area contributed by atoms with Crippen LogP contribution < -0.4 is 10.1 Å². The Bertz CT molecular complexity index is 735. The molecule has 1 aliphatic carbocycles. The fourth-order valence-electron chi connectivity index (χ4n) is 2.72. The molecule has 0 radical (unpaired) electrons. The lowest BCUT2D eigenvalue weighted by Crippen LogP contribution is -2.22. The normalized spacial score (nSPS) is 14.5. The van der Waals surface area contributed by atoms with Crippen molar-refractivity contribution in [3.63, 3.8) is 0 Å². The number of hydrogen-bond donors (Lipinski definition) is 1. The Morgan fingerprint density at radius 1 is 1.25 bits per heavy atom. The lowest BCUT2D eigenvalue weighted by Gasteiger charge is -2.12. The number of carbonyl (C=O) groups excluding carboxylic acids is 2. The Hall–Kier alpha value is -2.21. The second kappa shape index (κ2) is 7.57. The second-order valence-electron chi connectivity index (χ2n) is 5.93. The predicted octanol–water partition coefficient (Wildman–Crippen LogP) is 3.60. The number of nitrogens with one attached hydrogen (secondary N) is 1. The van der Waals surface area contributed by atoms with Crippen LogP contribution in [-0.2, 0) is 6.54 Å². The fraction of sp³-hybridized carbons (Fsp3) is 0.389. The number of thiophene rings is 1. The highest BCUT2D eigenvalue weighted by molar-refractivity contribution is 7.15. The molecule has 0 spiro atoms. The largest absolute Gasteiger partial charge is 0.474 e. The summed E-state index contributed by atoms with van der Waals surface area (Å²) < 4.78 is 5.88. The monoisotopic (exact) mass is 344 g/mol. The number of ketones is 1. The van der Waals surface area contributed by atoms with Crippen molar-refractivity contribution in [1.29, 1.82) is 0 Å². The summed E-state index contributed by atoms with van der Waals surface area (Å²) in [4.78, 5) is 28.8. The van der Waals surface area contributed by atoms with E-state index >= 15 is 0 Å². The van der Waals surface area contributed by atoms with Crippen molar-refractivity contribution in [3.05, 3.63) is 45.8 Å². The summed E-state index contributed by atoms with van der Waals surface area (Å²) in [6.07, 6.45) is 6.55. The van der Waals surface area contributed by atoms with E-state index in [4.69, 9.17) is 4.74 Å². The summed E-state index contributed by atoms with van der Waals surface area (Å²) in [6.45, 7) is 1.89. The molecule has 126 valence electrons. The van der Waals surface area contributed by atoms with Crippen LogP contribution in [0.5, 0.6) is 5.88 Å². The van der Waals surface area contributed by atoms with E-state index in [1.54, 1.807) is 18.3 Å². The predicted molar refractivity (Wildman–Crippen MR) is 92.6 cm³/mol. The van der Waals surface area contributed by atoms with Gasteiger partial charge in [-0.2, -0.15) is 0 Å². The Balaban J connectivity index is 1.57. The van der Waals surface area contributed by atoms with Gasteiger partial charge in [0.1, 0.15) is 6.10 Å². The first-order valence-corrected chi connectivity index (χ1v) is 8.94. The third kappa shape index (κ3) is 4.20. The number of pyridine rings is 1. The molecule has 1 amide bonds. The Morgan fingerprint density at radius 2 is 2.00 bits per heavy atom. The van der Waals surface area contributed by atoms with Crippen molar-refractivity contribution in [2.24, 2.45) is 0 Å². The number of aromatic nitrogens is 1. The van der Waals surface area contributed by atoms with E-state index in [0.29, 0.717) is 22.2 Å². The minimum absolute atomic E-state index is 0.0260. The first kappa shape index (κ1) is 16.6. The van der Waals surface area contributed by atoms with Crippen LogP contribution in [0.2, 0.25) is 0 Å². The van der Waals surface area contributed by atoms with Gasteiger partial charge in [-0.25, -0.2) is 4.98 Å². The molecule has 3 rings (SSSR count). The van der Waals surface area contributed by atoms with Gasteiger partial charge >= 0.3 is 0 Å². The first-order valence-electron chi connectivity index (χ1n) is 8.12. The van der Waals surface area contributed by atoms with Gasteiger partial charge < -0.3 is 10.1 Å². The zero-order valence-corrected chi connectivity index (χ0v) is 14.4. The summed E-state index contributed by atoms with van der Waals surface area (Å²) >= 11 is 1.21. The average Bonchev–Trinajstić information content (AvgIpc) is 3.24. The van der Waals surface area contributed by atoms with Crippen LogP contribution in [0, 0.1) is 0 Å². The first-order chi connectivity index (χ1) is 11.6. The highest BCUT2D eigenvalue weighted by atomic mass is 32.1. The van der Waals surface area contributed by atoms with Crippen LogP contribution in [0.4, 0.5) is 0 Å². The van der Waals surface area contributed by atoms with Gasteiger partial charge in [-0.15, -0.1) is 11.3 Å². The standard InChI is InChI=1S/C18H20N2O3S/c1-12(21)15-6-7-16(24-15)18(22)20-11-13-8-9-19-17(10-13)23-14-4-2-3-5-14/h6-10,14H,2-5,11H2,1H3,(H,20,22). The zero-order chi connectivity index (χ0) is 16.9. The molecule has 1 saturated carbocycles.